The second kappa shape index (κ2) is 4.06. The normalized spacial score (nSPS) is 18.1. The molecule has 2 nitrogen and oxygen atoms in total. The van der Waals surface area contributed by atoms with Gasteiger partial charge < -0.3 is 10.4 Å². The van der Waals surface area contributed by atoms with E-state index in [0.29, 0.717) is 5.75 Å². The van der Waals surface area contributed by atoms with Gasteiger partial charge in [-0.05, 0) is 34.9 Å². The van der Waals surface area contributed by atoms with E-state index in [1.165, 1.54) is 5.56 Å². The van der Waals surface area contributed by atoms with E-state index < -0.39 is 0 Å². The molecule has 1 heterocycles. The first-order valence-corrected chi connectivity index (χ1v) is 5.93. The number of hydrogen-bond acceptors (Lipinski definition) is 2. The van der Waals surface area contributed by atoms with Gasteiger partial charge in [-0.2, -0.15) is 0 Å². The molecule has 0 fully saturated rings. The fourth-order valence-electron chi connectivity index (χ4n) is 2.34. The topological polar surface area (TPSA) is 32.3 Å². The summed E-state index contributed by atoms with van der Waals surface area (Å²) in [6.07, 6.45) is 0. The van der Waals surface area contributed by atoms with Crippen molar-refractivity contribution in [1.29, 1.82) is 0 Å². The predicted molar refractivity (Wildman–Crippen MR) is 68.2 cm³/mol. The molecule has 0 spiro atoms. The fraction of sp³-hybridized carbons (Fsp3) is 0.143. The van der Waals surface area contributed by atoms with Crippen LogP contribution in [-0.4, -0.2) is 5.11 Å². The van der Waals surface area contributed by atoms with Crippen LogP contribution >= 0.6 is 11.6 Å². The van der Waals surface area contributed by atoms with Crippen LogP contribution in [0.25, 0.3) is 0 Å². The maximum atomic E-state index is 9.45. The summed E-state index contributed by atoms with van der Waals surface area (Å²) in [4.78, 5) is 0. The summed E-state index contributed by atoms with van der Waals surface area (Å²) >= 11 is 6.21. The van der Waals surface area contributed by atoms with Gasteiger partial charge in [0.25, 0.3) is 0 Å². The Morgan fingerprint density at radius 3 is 2.76 bits per heavy atom. The maximum Gasteiger partial charge on any atom is 0.115 e. The van der Waals surface area contributed by atoms with Crippen LogP contribution < -0.4 is 5.32 Å². The van der Waals surface area contributed by atoms with E-state index in [1.54, 1.807) is 12.1 Å². The third-order valence-electron chi connectivity index (χ3n) is 3.15. The third-order valence-corrected chi connectivity index (χ3v) is 3.49. The maximum absolute atomic E-state index is 9.45. The number of phenols is 1. The van der Waals surface area contributed by atoms with Gasteiger partial charge in [0.1, 0.15) is 5.75 Å². The van der Waals surface area contributed by atoms with Crippen LogP contribution in [0.2, 0.25) is 5.02 Å². The van der Waals surface area contributed by atoms with Crippen LogP contribution in [0.5, 0.6) is 5.75 Å². The number of nitrogens with one attached hydrogen (secondary N) is 1. The molecule has 2 N–H and O–H groups in total. The van der Waals surface area contributed by atoms with E-state index in [-0.39, 0.29) is 6.04 Å². The Morgan fingerprint density at radius 2 is 1.94 bits per heavy atom. The zero-order valence-corrected chi connectivity index (χ0v) is 9.91. The van der Waals surface area contributed by atoms with Gasteiger partial charge in [-0.15, -0.1) is 0 Å². The molecule has 17 heavy (non-hydrogen) atoms. The van der Waals surface area contributed by atoms with Crippen LogP contribution in [0.1, 0.15) is 22.7 Å². The van der Waals surface area contributed by atoms with Gasteiger partial charge in [0.2, 0.25) is 0 Å². The molecule has 0 radical (unpaired) electrons. The molecule has 1 atom stereocenters. The zero-order valence-electron chi connectivity index (χ0n) is 9.15. The van der Waals surface area contributed by atoms with Gasteiger partial charge >= 0.3 is 0 Å². The molecule has 3 heteroatoms. The van der Waals surface area contributed by atoms with Crippen LogP contribution in [0.3, 0.4) is 0 Å². The van der Waals surface area contributed by atoms with Gasteiger partial charge in [-0.3, -0.25) is 0 Å². The van der Waals surface area contributed by atoms with Crippen molar-refractivity contribution in [3.63, 3.8) is 0 Å². The Kier molecular flexibility index (Phi) is 2.54. The van der Waals surface area contributed by atoms with Crippen molar-refractivity contribution in [2.75, 3.05) is 0 Å². The number of halogens is 1. The number of rotatable bonds is 1. The van der Waals surface area contributed by atoms with Gasteiger partial charge in [0.15, 0.2) is 0 Å². The van der Waals surface area contributed by atoms with E-state index in [0.717, 1.165) is 22.7 Å². The summed E-state index contributed by atoms with van der Waals surface area (Å²) in [5.41, 5.74) is 3.41. The van der Waals surface area contributed by atoms with Crippen LogP contribution in [-0.2, 0) is 6.54 Å². The molecule has 1 aliphatic rings. The summed E-state index contributed by atoms with van der Waals surface area (Å²) in [7, 11) is 0. The minimum Gasteiger partial charge on any atom is -0.508 e. The number of benzene rings is 2. The Labute approximate surface area is 105 Å². The summed E-state index contributed by atoms with van der Waals surface area (Å²) in [5, 5.41) is 13.6. The van der Waals surface area contributed by atoms with Crippen LogP contribution in [0.4, 0.5) is 0 Å². The summed E-state index contributed by atoms with van der Waals surface area (Å²) in [6.45, 7) is 0.764. The molecule has 86 valence electrons. The molecule has 2 aromatic rings. The van der Waals surface area contributed by atoms with Gasteiger partial charge in [0, 0.05) is 11.6 Å². The monoisotopic (exact) mass is 245 g/mol. The minimum atomic E-state index is 0.124. The number of phenolic OH excluding ortho intramolecular Hbond substituents is 1. The molecular weight excluding hydrogens is 234 g/mol. The van der Waals surface area contributed by atoms with Crippen molar-refractivity contribution in [3.05, 3.63) is 64.2 Å². The van der Waals surface area contributed by atoms with Gasteiger partial charge in [-0.25, -0.2) is 0 Å². The highest BCUT2D eigenvalue weighted by Gasteiger charge is 2.24. The molecule has 0 amide bonds. The van der Waals surface area contributed by atoms with Crippen LogP contribution in [0, 0.1) is 0 Å². The van der Waals surface area contributed by atoms with Gasteiger partial charge in [-0.1, -0.05) is 35.9 Å². The molecule has 1 unspecified atom stereocenters. The lowest BCUT2D eigenvalue weighted by Gasteiger charge is -2.14. The second-order valence-corrected chi connectivity index (χ2v) is 4.63. The molecular formula is C14H12ClNO. The Hall–Kier alpha value is -1.51. The predicted octanol–water partition coefficient (Wildman–Crippen LogP) is 3.24. The first-order chi connectivity index (χ1) is 8.25. The molecule has 0 saturated heterocycles. The SMILES string of the molecule is Oc1ccc2c(c1)CNC2c1ccccc1Cl. The van der Waals surface area contributed by atoms with E-state index in [2.05, 4.69) is 5.32 Å². The standard InChI is InChI=1S/C14H12ClNO/c15-13-4-2-1-3-12(13)14-11-6-5-10(17)7-9(11)8-16-14/h1-7,14,16-17H,8H2. The summed E-state index contributed by atoms with van der Waals surface area (Å²) < 4.78 is 0. The molecule has 2 aromatic carbocycles. The smallest absolute Gasteiger partial charge is 0.115 e. The third kappa shape index (κ3) is 1.79. The highest BCUT2D eigenvalue weighted by Crippen LogP contribution is 2.35. The lowest BCUT2D eigenvalue weighted by Crippen LogP contribution is -2.13. The first-order valence-electron chi connectivity index (χ1n) is 5.55. The molecule has 0 saturated carbocycles. The van der Waals surface area contributed by atoms with Crippen molar-refractivity contribution >= 4 is 11.6 Å². The van der Waals surface area contributed by atoms with E-state index in [4.69, 9.17) is 11.6 Å². The highest BCUT2D eigenvalue weighted by atomic mass is 35.5. The fourth-order valence-corrected chi connectivity index (χ4v) is 2.58. The Balaban J connectivity index is 2.07. The summed E-state index contributed by atoms with van der Waals surface area (Å²) in [5.74, 6) is 0.311. The van der Waals surface area contributed by atoms with Crippen molar-refractivity contribution in [2.24, 2.45) is 0 Å². The van der Waals surface area contributed by atoms with Crippen molar-refractivity contribution < 1.29 is 5.11 Å². The van der Waals surface area contributed by atoms with Gasteiger partial charge in [0.05, 0.1) is 6.04 Å². The van der Waals surface area contributed by atoms with E-state index >= 15 is 0 Å². The van der Waals surface area contributed by atoms with Crippen LogP contribution in [0.15, 0.2) is 42.5 Å². The van der Waals surface area contributed by atoms with E-state index in [9.17, 15) is 5.11 Å². The Morgan fingerprint density at radius 1 is 1.12 bits per heavy atom. The Bertz CT molecular complexity index is 568. The molecule has 3 rings (SSSR count). The van der Waals surface area contributed by atoms with Crippen molar-refractivity contribution in [2.45, 2.75) is 12.6 Å². The molecule has 0 aromatic heterocycles. The first kappa shape index (κ1) is 10.6. The lowest BCUT2D eigenvalue weighted by molar-refractivity contribution is 0.474. The summed E-state index contributed by atoms with van der Waals surface area (Å²) in [6, 6.07) is 13.5. The minimum absolute atomic E-state index is 0.124. The average Bonchev–Trinajstić information content (AvgIpc) is 2.72. The molecule has 0 bridgehead atoms. The number of fused-ring (bicyclic) bond motifs is 1. The average molecular weight is 246 g/mol. The van der Waals surface area contributed by atoms with E-state index in [1.807, 2.05) is 30.3 Å². The van der Waals surface area contributed by atoms with Crippen molar-refractivity contribution in [3.8, 4) is 5.75 Å². The molecule has 1 aliphatic heterocycles. The lowest BCUT2D eigenvalue weighted by atomic mass is 9.98. The largest absolute Gasteiger partial charge is 0.508 e. The second-order valence-electron chi connectivity index (χ2n) is 4.22. The molecule has 0 aliphatic carbocycles. The van der Waals surface area contributed by atoms with Crippen molar-refractivity contribution in [1.82, 2.24) is 5.32 Å². The quantitative estimate of drug-likeness (QED) is 0.809. The zero-order chi connectivity index (χ0) is 11.8. The highest BCUT2D eigenvalue weighted by molar-refractivity contribution is 6.31. The number of aromatic hydroxyl groups is 1. The number of hydrogen-bond donors (Lipinski definition) is 2.